The SMILES string of the molecule is CCCC(=O)O.[Na][CH2]CSc1ccc2cc(Br)ccc2n1. The van der Waals surface area contributed by atoms with Gasteiger partial charge < -0.3 is 5.11 Å². The second-order valence-corrected chi connectivity index (χ2v) is 7.51. The summed E-state index contributed by atoms with van der Waals surface area (Å²) < 4.78 is 2.43. The van der Waals surface area contributed by atoms with Crippen LogP contribution < -0.4 is 0 Å². The third kappa shape index (κ3) is 7.66. The Morgan fingerprint density at radius 1 is 1.38 bits per heavy atom. The zero-order valence-corrected chi connectivity index (χ0v) is 16.7. The van der Waals surface area contributed by atoms with Gasteiger partial charge in [-0.05, 0) is 6.42 Å². The number of thioether (sulfide) groups is 1. The van der Waals surface area contributed by atoms with E-state index in [2.05, 4.69) is 45.2 Å². The van der Waals surface area contributed by atoms with Crippen LogP contribution in [-0.2, 0) is 4.79 Å². The summed E-state index contributed by atoms with van der Waals surface area (Å²) in [4.78, 5) is 14.2. The molecule has 0 amide bonds. The molecule has 0 saturated heterocycles. The van der Waals surface area contributed by atoms with E-state index in [4.69, 9.17) is 5.11 Å². The first kappa shape index (κ1) is 19.0. The van der Waals surface area contributed by atoms with Gasteiger partial charge in [0.1, 0.15) is 0 Å². The predicted molar refractivity (Wildman–Crippen MR) is 93.3 cm³/mol. The summed E-state index contributed by atoms with van der Waals surface area (Å²) in [5.74, 6) is 0.485. The van der Waals surface area contributed by atoms with Crippen molar-refractivity contribution >= 4 is 72.5 Å². The molecule has 0 atom stereocenters. The van der Waals surface area contributed by atoms with E-state index < -0.39 is 5.97 Å². The Morgan fingerprint density at radius 2 is 2.14 bits per heavy atom. The van der Waals surface area contributed by atoms with Crippen LogP contribution in [0.3, 0.4) is 0 Å². The molecule has 1 N–H and O–H groups in total. The molecule has 0 fully saturated rings. The van der Waals surface area contributed by atoms with E-state index in [0.29, 0.717) is 6.42 Å². The van der Waals surface area contributed by atoms with Crippen molar-refractivity contribution < 1.29 is 9.90 Å². The molecule has 0 aliphatic heterocycles. The van der Waals surface area contributed by atoms with Gasteiger partial charge in [0.25, 0.3) is 0 Å². The van der Waals surface area contributed by atoms with Crippen molar-refractivity contribution in [3.8, 4) is 0 Å². The number of pyridine rings is 1. The van der Waals surface area contributed by atoms with Crippen molar-refractivity contribution in [3.63, 3.8) is 0 Å². The Morgan fingerprint density at radius 3 is 2.71 bits per heavy atom. The number of hydrogen-bond donors (Lipinski definition) is 1. The van der Waals surface area contributed by atoms with Crippen LogP contribution in [0.5, 0.6) is 0 Å². The van der Waals surface area contributed by atoms with Gasteiger partial charge in [0.05, 0.1) is 0 Å². The number of aliphatic carboxylic acids is 1. The monoisotopic (exact) mass is 377 g/mol. The Bertz CT molecular complexity index is 595. The minimum absolute atomic E-state index is 0.292. The average molecular weight is 378 g/mol. The summed E-state index contributed by atoms with van der Waals surface area (Å²) in [6.07, 6.45) is 1.02. The number of carbonyl (C=O) groups is 1. The van der Waals surface area contributed by atoms with Gasteiger partial charge in [0.15, 0.2) is 0 Å². The van der Waals surface area contributed by atoms with Crippen LogP contribution in [-0.4, -0.2) is 49.7 Å². The molecule has 0 unspecified atom stereocenters. The van der Waals surface area contributed by atoms with E-state index in [1.165, 1.54) is 42.7 Å². The van der Waals surface area contributed by atoms with E-state index in [-0.39, 0.29) is 0 Å². The van der Waals surface area contributed by atoms with Crippen LogP contribution in [0.1, 0.15) is 19.8 Å². The minimum atomic E-state index is -0.711. The van der Waals surface area contributed by atoms with Gasteiger partial charge >= 0.3 is 127 Å². The standard InChI is InChI=1S/C11H9BrNS.C4H8O2.Na/c1-2-14-11-6-3-8-7-9(12)4-5-10(8)13-11;1-2-3-4(5)6;/h3-7H,1-2H2;2-3H2,1H3,(H,5,6);. The molecule has 2 aromatic rings. The predicted octanol–water partition coefficient (Wildman–Crippen LogP) is 4.55. The normalized spacial score (nSPS) is 10.1. The third-order valence-electron chi connectivity index (χ3n) is 2.54. The molecule has 21 heavy (non-hydrogen) atoms. The maximum atomic E-state index is 9.60. The quantitative estimate of drug-likeness (QED) is 0.613. The molecule has 1 aromatic heterocycles. The summed E-state index contributed by atoms with van der Waals surface area (Å²) in [5.41, 5.74) is 1.08. The van der Waals surface area contributed by atoms with Crippen LogP contribution in [0.4, 0.5) is 0 Å². The first-order valence-corrected chi connectivity index (χ1v) is 10.2. The van der Waals surface area contributed by atoms with Gasteiger partial charge in [0.2, 0.25) is 0 Å². The molecular weight excluding hydrogens is 361 g/mol. The number of carboxylic acid groups (broad SMARTS) is 1. The summed E-state index contributed by atoms with van der Waals surface area (Å²) in [5, 5.41) is 10.2. The zero-order chi connectivity index (χ0) is 15.7. The molecule has 0 bridgehead atoms. The van der Waals surface area contributed by atoms with Crippen LogP contribution in [0.25, 0.3) is 10.9 Å². The fourth-order valence-electron chi connectivity index (χ4n) is 1.58. The Kier molecular flexibility index (Phi) is 9.60. The topological polar surface area (TPSA) is 50.2 Å². The maximum absolute atomic E-state index is 9.60. The van der Waals surface area contributed by atoms with E-state index in [1.54, 1.807) is 0 Å². The van der Waals surface area contributed by atoms with E-state index >= 15 is 0 Å². The van der Waals surface area contributed by atoms with E-state index in [9.17, 15) is 4.79 Å². The van der Waals surface area contributed by atoms with Gasteiger partial charge in [-0.2, -0.15) is 0 Å². The molecule has 0 radical (unpaired) electrons. The van der Waals surface area contributed by atoms with E-state index in [0.717, 1.165) is 21.4 Å². The Hall–Kier alpha value is -0.0700. The molecule has 1 heterocycles. The molecule has 0 saturated carbocycles. The number of halogens is 1. The summed E-state index contributed by atoms with van der Waals surface area (Å²) in [6.45, 7) is 1.84. The van der Waals surface area contributed by atoms with Gasteiger partial charge in [-0.15, -0.1) is 0 Å². The van der Waals surface area contributed by atoms with Crippen LogP contribution in [0.15, 0.2) is 39.8 Å². The summed E-state index contributed by atoms with van der Waals surface area (Å²) in [7, 11) is 0. The van der Waals surface area contributed by atoms with Crippen molar-refractivity contribution in [3.05, 3.63) is 34.8 Å². The van der Waals surface area contributed by atoms with Gasteiger partial charge in [0, 0.05) is 6.42 Å². The number of carboxylic acids is 1. The van der Waals surface area contributed by atoms with Gasteiger partial charge in [-0.3, -0.25) is 4.79 Å². The van der Waals surface area contributed by atoms with Crippen molar-refractivity contribution in [2.24, 2.45) is 0 Å². The van der Waals surface area contributed by atoms with Crippen LogP contribution >= 0.6 is 27.7 Å². The molecule has 0 aliphatic rings. The number of aromatic nitrogens is 1. The second kappa shape index (κ2) is 10.6. The third-order valence-corrected chi connectivity index (χ3v) is 5.40. The number of nitrogens with zero attached hydrogens (tertiary/aromatic N) is 1. The molecule has 0 spiro atoms. The van der Waals surface area contributed by atoms with Gasteiger partial charge in [-0.1, -0.05) is 6.92 Å². The molecule has 108 valence electrons. The number of fused-ring (bicyclic) bond motifs is 1. The van der Waals surface area contributed by atoms with Gasteiger partial charge in [-0.25, -0.2) is 0 Å². The molecule has 2 rings (SSSR count). The molecule has 6 heteroatoms. The fraction of sp³-hybridized carbons (Fsp3) is 0.333. The van der Waals surface area contributed by atoms with Crippen LogP contribution in [0.2, 0.25) is 3.67 Å². The number of benzene rings is 1. The Balaban J connectivity index is 0.000000315. The number of rotatable bonds is 5. The fourth-order valence-corrected chi connectivity index (χ4v) is 3.31. The second-order valence-electron chi connectivity index (χ2n) is 4.48. The molecule has 1 aromatic carbocycles. The molecule has 3 nitrogen and oxygen atoms in total. The zero-order valence-electron chi connectivity index (χ0n) is 12.3. The summed E-state index contributed by atoms with van der Waals surface area (Å²) >= 11 is 6.59. The van der Waals surface area contributed by atoms with E-state index in [1.807, 2.05) is 24.8 Å². The van der Waals surface area contributed by atoms with Crippen molar-refractivity contribution in [1.29, 1.82) is 0 Å². The van der Waals surface area contributed by atoms with Crippen molar-refractivity contribution in [2.75, 3.05) is 5.75 Å². The Labute approximate surface area is 155 Å². The van der Waals surface area contributed by atoms with Crippen molar-refractivity contribution in [1.82, 2.24) is 4.98 Å². The average Bonchev–Trinajstić information content (AvgIpc) is 2.45. The van der Waals surface area contributed by atoms with Crippen LogP contribution in [0, 0.1) is 0 Å². The van der Waals surface area contributed by atoms with Crippen molar-refractivity contribution in [2.45, 2.75) is 28.5 Å². The molecule has 0 aliphatic carbocycles. The molecular formula is C15H17BrNNaO2S. The first-order valence-electron chi connectivity index (χ1n) is 6.97. The first-order chi connectivity index (χ1) is 10.1. The number of hydrogen-bond acceptors (Lipinski definition) is 3. The summed E-state index contributed by atoms with van der Waals surface area (Å²) in [6, 6.07) is 10.4.